The minimum atomic E-state index is -3.41. The summed E-state index contributed by atoms with van der Waals surface area (Å²) in [5, 5.41) is 0. The van der Waals surface area contributed by atoms with Crippen LogP contribution in [0.25, 0.3) is 11.1 Å². The molecule has 0 bridgehead atoms. The molecule has 2 aromatic carbocycles. The molecule has 0 N–H and O–H groups in total. The van der Waals surface area contributed by atoms with Crippen LogP contribution in [0.3, 0.4) is 0 Å². The van der Waals surface area contributed by atoms with Crippen LogP contribution in [-0.2, 0) is 32.6 Å². The predicted octanol–water partition coefficient (Wildman–Crippen LogP) is 3.29. The second kappa shape index (κ2) is 8.34. The minimum absolute atomic E-state index is 0.0134. The van der Waals surface area contributed by atoms with E-state index < -0.39 is 10.0 Å². The Kier molecular flexibility index (Phi) is 5.64. The van der Waals surface area contributed by atoms with Gasteiger partial charge in [0, 0.05) is 19.5 Å². The molecule has 0 amide bonds. The summed E-state index contributed by atoms with van der Waals surface area (Å²) in [6.45, 7) is 1.15. The fraction of sp³-hybridized carbons (Fsp3) is 0.333. The number of carbonyl (C=O) groups is 1. The van der Waals surface area contributed by atoms with Crippen molar-refractivity contribution in [3.8, 4) is 0 Å². The SMILES string of the molecule is O=C(CCc1ccc(S(=O)(=O)N2CCCC2)cc1)OCc1nc2ccccc2o1. The van der Waals surface area contributed by atoms with E-state index in [9.17, 15) is 13.2 Å². The van der Waals surface area contributed by atoms with Gasteiger partial charge < -0.3 is 9.15 Å². The molecule has 0 saturated carbocycles. The number of hydrogen-bond acceptors (Lipinski definition) is 6. The summed E-state index contributed by atoms with van der Waals surface area (Å²) in [5.74, 6) is -0.00274. The normalized spacial score (nSPS) is 15.0. The van der Waals surface area contributed by atoms with Gasteiger partial charge in [-0.25, -0.2) is 13.4 Å². The number of fused-ring (bicyclic) bond motifs is 1. The molecular weight excluding hydrogens is 392 g/mol. The van der Waals surface area contributed by atoms with E-state index in [-0.39, 0.29) is 19.0 Å². The fourth-order valence-corrected chi connectivity index (χ4v) is 4.87. The first-order chi connectivity index (χ1) is 14.0. The highest BCUT2D eigenvalue weighted by molar-refractivity contribution is 7.89. The van der Waals surface area contributed by atoms with Crippen LogP contribution >= 0.6 is 0 Å². The molecule has 0 aliphatic carbocycles. The second-order valence-electron chi connectivity index (χ2n) is 6.99. The topological polar surface area (TPSA) is 89.7 Å². The molecule has 2 heterocycles. The highest BCUT2D eigenvalue weighted by atomic mass is 32.2. The van der Waals surface area contributed by atoms with E-state index in [0.717, 1.165) is 23.9 Å². The van der Waals surface area contributed by atoms with Crippen molar-refractivity contribution in [2.24, 2.45) is 0 Å². The predicted molar refractivity (Wildman–Crippen MR) is 107 cm³/mol. The number of aryl methyl sites for hydroxylation is 1. The Morgan fingerprint density at radius 3 is 2.52 bits per heavy atom. The zero-order valence-corrected chi connectivity index (χ0v) is 16.7. The number of carbonyl (C=O) groups excluding carboxylic acids is 1. The molecule has 0 atom stereocenters. The smallest absolute Gasteiger partial charge is 0.306 e. The average Bonchev–Trinajstić information content (AvgIpc) is 3.41. The number of nitrogens with zero attached hydrogens (tertiary/aromatic N) is 2. The summed E-state index contributed by atoms with van der Waals surface area (Å²) in [4.78, 5) is 16.6. The molecule has 1 fully saturated rings. The highest BCUT2D eigenvalue weighted by Crippen LogP contribution is 2.21. The van der Waals surface area contributed by atoms with E-state index in [4.69, 9.17) is 9.15 Å². The summed E-state index contributed by atoms with van der Waals surface area (Å²) < 4.78 is 37.3. The molecular formula is C21H22N2O5S. The fourth-order valence-electron chi connectivity index (χ4n) is 3.35. The lowest BCUT2D eigenvalue weighted by atomic mass is 10.1. The third-order valence-corrected chi connectivity index (χ3v) is 6.85. The van der Waals surface area contributed by atoms with Gasteiger partial charge in [0.1, 0.15) is 5.52 Å². The number of benzene rings is 2. The molecule has 7 nitrogen and oxygen atoms in total. The van der Waals surface area contributed by atoms with Crippen LogP contribution in [0.5, 0.6) is 0 Å². The van der Waals surface area contributed by atoms with Gasteiger partial charge in [0.05, 0.1) is 4.90 Å². The number of para-hydroxylation sites is 2. The number of aromatic nitrogens is 1. The van der Waals surface area contributed by atoms with Gasteiger partial charge >= 0.3 is 5.97 Å². The maximum absolute atomic E-state index is 12.5. The number of ether oxygens (including phenoxy) is 1. The molecule has 1 aromatic heterocycles. The Balaban J connectivity index is 1.28. The standard InChI is InChI=1S/C21H22N2O5S/c24-21(27-15-20-22-18-5-1-2-6-19(18)28-20)12-9-16-7-10-17(11-8-16)29(25,26)23-13-3-4-14-23/h1-2,5-8,10-11H,3-4,9,12-15H2. The van der Waals surface area contributed by atoms with Gasteiger partial charge in [-0.05, 0) is 49.1 Å². The van der Waals surface area contributed by atoms with E-state index in [2.05, 4.69) is 4.98 Å². The van der Waals surface area contributed by atoms with Crippen LogP contribution in [0.2, 0.25) is 0 Å². The summed E-state index contributed by atoms with van der Waals surface area (Å²) in [6, 6.07) is 14.1. The zero-order valence-electron chi connectivity index (χ0n) is 15.9. The first-order valence-electron chi connectivity index (χ1n) is 9.61. The number of rotatable bonds is 7. The van der Waals surface area contributed by atoms with Crippen molar-refractivity contribution in [2.75, 3.05) is 13.1 Å². The van der Waals surface area contributed by atoms with Crippen LogP contribution in [0, 0.1) is 0 Å². The number of hydrogen-bond donors (Lipinski definition) is 0. The molecule has 4 rings (SSSR count). The van der Waals surface area contributed by atoms with Crippen molar-refractivity contribution in [3.05, 3.63) is 60.0 Å². The number of esters is 1. The van der Waals surface area contributed by atoms with Gasteiger partial charge in [0.15, 0.2) is 12.2 Å². The lowest BCUT2D eigenvalue weighted by molar-refractivity contribution is -0.145. The number of oxazole rings is 1. The average molecular weight is 414 g/mol. The Labute approximate surface area is 169 Å². The maximum Gasteiger partial charge on any atom is 0.306 e. The van der Waals surface area contributed by atoms with Crippen molar-refractivity contribution in [1.29, 1.82) is 0 Å². The van der Waals surface area contributed by atoms with E-state index in [0.29, 0.717) is 35.9 Å². The lowest BCUT2D eigenvalue weighted by Gasteiger charge is -2.15. The summed E-state index contributed by atoms with van der Waals surface area (Å²) >= 11 is 0. The first-order valence-corrected chi connectivity index (χ1v) is 11.1. The molecule has 0 radical (unpaired) electrons. The van der Waals surface area contributed by atoms with E-state index >= 15 is 0 Å². The Bertz CT molecular complexity index is 1070. The molecule has 0 unspecified atom stereocenters. The number of sulfonamides is 1. The van der Waals surface area contributed by atoms with Gasteiger partial charge in [-0.1, -0.05) is 24.3 Å². The van der Waals surface area contributed by atoms with Crippen LogP contribution in [-0.4, -0.2) is 36.8 Å². The third-order valence-electron chi connectivity index (χ3n) is 4.94. The Hall–Kier alpha value is -2.71. The molecule has 3 aromatic rings. The summed E-state index contributed by atoms with van der Waals surface area (Å²) in [5.41, 5.74) is 2.26. The van der Waals surface area contributed by atoms with Crippen LogP contribution in [0.1, 0.15) is 30.7 Å². The first kappa shape index (κ1) is 19.6. The van der Waals surface area contributed by atoms with Gasteiger partial charge in [0.25, 0.3) is 0 Å². The van der Waals surface area contributed by atoms with E-state index in [1.165, 1.54) is 4.31 Å². The van der Waals surface area contributed by atoms with Gasteiger partial charge in [-0.15, -0.1) is 0 Å². The monoisotopic (exact) mass is 414 g/mol. The summed E-state index contributed by atoms with van der Waals surface area (Å²) in [6.07, 6.45) is 2.47. The van der Waals surface area contributed by atoms with Crippen molar-refractivity contribution in [2.45, 2.75) is 37.2 Å². The van der Waals surface area contributed by atoms with Crippen molar-refractivity contribution in [1.82, 2.24) is 9.29 Å². The quantitative estimate of drug-likeness (QED) is 0.551. The molecule has 152 valence electrons. The maximum atomic E-state index is 12.5. The lowest BCUT2D eigenvalue weighted by Crippen LogP contribution is -2.27. The molecule has 0 spiro atoms. The molecule has 1 aliphatic heterocycles. The molecule has 1 aliphatic rings. The van der Waals surface area contributed by atoms with Crippen LogP contribution < -0.4 is 0 Å². The highest BCUT2D eigenvalue weighted by Gasteiger charge is 2.26. The molecule has 1 saturated heterocycles. The van der Waals surface area contributed by atoms with Crippen LogP contribution in [0.4, 0.5) is 0 Å². The minimum Gasteiger partial charge on any atom is -0.456 e. The van der Waals surface area contributed by atoms with Gasteiger partial charge in [-0.2, -0.15) is 4.31 Å². The van der Waals surface area contributed by atoms with Crippen LogP contribution in [0.15, 0.2) is 57.8 Å². The van der Waals surface area contributed by atoms with E-state index in [1.54, 1.807) is 30.3 Å². The summed E-state index contributed by atoms with van der Waals surface area (Å²) in [7, 11) is -3.41. The molecule has 29 heavy (non-hydrogen) atoms. The Morgan fingerprint density at radius 1 is 1.07 bits per heavy atom. The van der Waals surface area contributed by atoms with Crippen molar-refractivity contribution >= 4 is 27.1 Å². The molecule has 8 heteroatoms. The van der Waals surface area contributed by atoms with E-state index in [1.807, 2.05) is 18.2 Å². The van der Waals surface area contributed by atoms with Gasteiger partial charge in [0.2, 0.25) is 15.9 Å². The van der Waals surface area contributed by atoms with Gasteiger partial charge in [-0.3, -0.25) is 4.79 Å². The van der Waals surface area contributed by atoms with Crippen molar-refractivity contribution < 1.29 is 22.4 Å². The zero-order chi connectivity index (χ0) is 20.3. The second-order valence-corrected chi connectivity index (χ2v) is 8.93. The largest absolute Gasteiger partial charge is 0.456 e. The third kappa shape index (κ3) is 4.49. The van der Waals surface area contributed by atoms with Crippen molar-refractivity contribution in [3.63, 3.8) is 0 Å². The Morgan fingerprint density at radius 2 is 1.79 bits per heavy atom.